The number of anilines is 2. The third-order valence-corrected chi connectivity index (χ3v) is 2.71. The number of hydrogen-bond acceptors (Lipinski definition) is 4. The maximum atomic E-state index is 13.1. The van der Waals surface area contributed by atoms with Gasteiger partial charge in [0, 0.05) is 31.9 Å². The van der Waals surface area contributed by atoms with Crippen molar-refractivity contribution in [3.05, 3.63) is 24.0 Å². The van der Waals surface area contributed by atoms with Crippen LogP contribution in [0.15, 0.2) is 18.2 Å². The van der Waals surface area contributed by atoms with Crippen molar-refractivity contribution >= 4 is 11.4 Å². The third kappa shape index (κ3) is 2.84. The third-order valence-electron chi connectivity index (χ3n) is 2.71. The molecule has 0 spiro atoms. The molecule has 88 valence electrons. The second-order valence-electron chi connectivity index (χ2n) is 4.18. The van der Waals surface area contributed by atoms with Gasteiger partial charge in [-0.1, -0.05) is 0 Å². The highest BCUT2D eigenvalue weighted by atomic mass is 19.1. The largest absolute Gasteiger partial charge is 0.399 e. The number of nitrogens with two attached hydrogens (primary N) is 1. The highest BCUT2D eigenvalue weighted by Crippen LogP contribution is 2.16. The van der Waals surface area contributed by atoms with E-state index in [9.17, 15) is 4.39 Å². The summed E-state index contributed by atoms with van der Waals surface area (Å²) in [6, 6.07) is 4.51. The Bertz CT molecular complexity index is 341. The second kappa shape index (κ2) is 4.67. The molecule has 1 aliphatic heterocycles. The van der Waals surface area contributed by atoms with Crippen LogP contribution < -0.4 is 11.2 Å². The van der Waals surface area contributed by atoms with Crippen LogP contribution in [0, 0.1) is 5.82 Å². The number of likely N-dealkylation sites (N-methyl/N-ethyl adjacent to an activating group) is 1. The van der Waals surface area contributed by atoms with Crippen molar-refractivity contribution in [2.75, 3.05) is 44.4 Å². The molecule has 1 saturated heterocycles. The quantitative estimate of drug-likeness (QED) is 0.735. The molecule has 0 aromatic heterocycles. The minimum atomic E-state index is -0.309. The predicted octanol–water partition coefficient (Wildman–Crippen LogP) is 0.982. The van der Waals surface area contributed by atoms with E-state index in [1.54, 1.807) is 6.07 Å². The van der Waals surface area contributed by atoms with E-state index < -0.39 is 0 Å². The molecule has 1 aromatic carbocycles. The number of nitrogen functional groups attached to an aromatic ring is 1. The summed E-state index contributed by atoms with van der Waals surface area (Å²) in [5.74, 6) is -0.309. The van der Waals surface area contributed by atoms with Crippen LogP contribution in [0.1, 0.15) is 0 Å². The van der Waals surface area contributed by atoms with Gasteiger partial charge in [-0.15, -0.1) is 0 Å². The first-order chi connectivity index (χ1) is 7.63. The molecule has 0 atom stereocenters. The van der Waals surface area contributed by atoms with E-state index in [0.29, 0.717) is 11.4 Å². The maximum Gasteiger partial charge on any atom is 0.127 e. The molecular formula is C11H17FN4. The molecule has 0 bridgehead atoms. The summed E-state index contributed by atoms with van der Waals surface area (Å²) in [6.45, 7) is 3.87. The van der Waals surface area contributed by atoms with Crippen molar-refractivity contribution in [1.82, 2.24) is 9.91 Å². The summed E-state index contributed by atoms with van der Waals surface area (Å²) >= 11 is 0. The molecule has 1 aromatic rings. The Labute approximate surface area is 94.8 Å². The maximum absolute atomic E-state index is 13.1. The van der Waals surface area contributed by atoms with Crippen LogP contribution in [0.25, 0.3) is 0 Å². The second-order valence-corrected chi connectivity index (χ2v) is 4.18. The van der Waals surface area contributed by atoms with Gasteiger partial charge < -0.3 is 16.1 Å². The topological polar surface area (TPSA) is 44.5 Å². The molecule has 3 N–H and O–H groups in total. The summed E-state index contributed by atoms with van der Waals surface area (Å²) < 4.78 is 13.1. The molecule has 1 aliphatic rings. The molecule has 0 radical (unpaired) electrons. The highest BCUT2D eigenvalue weighted by Gasteiger charge is 2.13. The number of rotatable bonds is 2. The van der Waals surface area contributed by atoms with Crippen molar-refractivity contribution in [2.45, 2.75) is 0 Å². The van der Waals surface area contributed by atoms with Gasteiger partial charge in [-0.2, -0.15) is 0 Å². The van der Waals surface area contributed by atoms with Crippen LogP contribution in [0.3, 0.4) is 0 Å². The Kier molecular flexibility index (Phi) is 3.26. The number of hydrogen-bond donors (Lipinski definition) is 2. The molecule has 2 rings (SSSR count). The Balaban J connectivity index is 1.98. The van der Waals surface area contributed by atoms with E-state index in [1.165, 1.54) is 12.1 Å². The van der Waals surface area contributed by atoms with E-state index >= 15 is 0 Å². The summed E-state index contributed by atoms with van der Waals surface area (Å²) in [5, 5.41) is 2.08. The van der Waals surface area contributed by atoms with E-state index in [4.69, 9.17) is 5.73 Å². The Morgan fingerprint density at radius 2 is 1.88 bits per heavy atom. The molecule has 0 saturated carbocycles. The SMILES string of the molecule is CN1CCN(Nc2cc(N)cc(F)c2)CC1. The highest BCUT2D eigenvalue weighted by molar-refractivity contribution is 5.54. The first-order valence-corrected chi connectivity index (χ1v) is 5.40. The first-order valence-electron chi connectivity index (χ1n) is 5.40. The molecule has 0 unspecified atom stereocenters. The molecule has 16 heavy (non-hydrogen) atoms. The fourth-order valence-electron chi connectivity index (χ4n) is 1.78. The molecule has 1 heterocycles. The lowest BCUT2D eigenvalue weighted by atomic mass is 10.3. The van der Waals surface area contributed by atoms with Crippen molar-refractivity contribution in [3.63, 3.8) is 0 Å². The van der Waals surface area contributed by atoms with Gasteiger partial charge in [0.05, 0.1) is 5.69 Å². The molecular weight excluding hydrogens is 207 g/mol. The van der Waals surface area contributed by atoms with Gasteiger partial charge in [0.1, 0.15) is 5.82 Å². The summed E-state index contributed by atoms with van der Waals surface area (Å²) in [7, 11) is 2.09. The van der Waals surface area contributed by atoms with Crippen LogP contribution in [-0.4, -0.2) is 43.1 Å². The zero-order chi connectivity index (χ0) is 11.5. The molecule has 4 nitrogen and oxygen atoms in total. The van der Waals surface area contributed by atoms with Gasteiger partial charge in [-0.3, -0.25) is 0 Å². The lowest BCUT2D eigenvalue weighted by Gasteiger charge is -2.33. The summed E-state index contributed by atoms with van der Waals surface area (Å²) in [6.07, 6.45) is 0. The minimum absolute atomic E-state index is 0.309. The lowest BCUT2D eigenvalue weighted by molar-refractivity contribution is 0.179. The predicted molar refractivity (Wildman–Crippen MR) is 63.5 cm³/mol. The number of hydrazine groups is 1. The van der Waals surface area contributed by atoms with Crippen molar-refractivity contribution < 1.29 is 4.39 Å². The number of nitrogens with one attached hydrogen (secondary N) is 1. The summed E-state index contributed by atoms with van der Waals surface area (Å²) in [5.41, 5.74) is 9.90. The van der Waals surface area contributed by atoms with Crippen molar-refractivity contribution in [1.29, 1.82) is 0 Å². The van der Waals surface area contributed by atoms with Crippen LogP contribution in [0.4, 0.5) is 15.8 Å². The smallest absolute Gasteiger partial charge is 0.127 e. The van der Waals surface area contributed by atoms with Crippen molar-refractivity contribution in [3.8, 4) is 0 Å². The summed E-state index contributed by atoms with van der Waals surface area (Å²) in [4.78, 5) is 2.26. The van der Waals surface area contributed by atoms with Crippen LogP contribution >= 0.6 is 0 Å². The Hall–Kier alpha value is -1.33. The number of benzene rings is 1. The normalized spacial score (nSPS) is 18.6. The van der Waals surface area contributed by atoms with Gasteiger partial charge in [0.25, 0.3) is 0 Å². The van der Waals surface area contributed by atoms with Gasteiger partial charge in [-0.05, 0) is 25.2 Å². The number of halogens is 1. The Morgan fingerprint density at radius 3 is 2.50 bits per heavy atom. The molecule has 1 fully saturated rings. The van der Waals surface area contributed by atoms with Gasteiger partial charge in [0.15, 0.2) is 0 Å². The molecule has 0 amide bonds. The van der Waals surface area contributed by atoms with Gasteiger partial charge in [0.2, 0.25) is 0 Å². The zero-order valence-electron chi connectivity index (χ0n) is 9.41. The Morgan fingerprint density at radius 1 is 1.19 bits per heavy atom. The van der Waals surface area contributed by atoms with Gasteiger partial charge in [-0.25, -0.2) is 9.40 Å². The fourth-order valence-corrected chi connectivity index (χ4v) is 1.78. The van der Waals surface area contributed by atoms with E-state index in [2.05, 4.69) is 22.4 Å². The minimum Gasteiger partial charge on any atom is -0.399 e. The van der Waals surface area contributed by atoms with E-state index in [0.717, 1.165) is 26.2 Å². The van der Waals surface area contributed by atoms with Crippen LogP contribution in [-0.2, 0) is 0 Å². The lowest BCUT2D eigenvalue weighted by Crippen LogP contribution is -2.46. The first kappa shape index (κ1) is 11.2. The fraction of sp³-hybridized carbons (Fsp3) is 0.455. The van der Waals surface area contributed by atoms with Crippen molar-refractivity contribution in [2.24, 2.45) is 0 Å². The standard InChI is InChI=1S/C11H17FN4/c1-15-2-4-16(5-3-15)14-11-7-9(12)6-10(13)8-11/h6-8,14H,2-5,13H2,1H3. The van der Waals surface area contributed by atoms with E-state index in [-0.39, 0.29) is 5.82 Å². The number of piperazine rings is 1. The van der Waals surface area contributed by atoms with E-state index in [1.807, 2.05) is 0 Å². The average Bonchev–Trinajstić information content (AvgIpc) is 2.20. The average molecular weight is 224 g/mol. The number of nitrogens with zero attached hydrogens (tertiary/aromatic N) is 2. The van der Waals surface area contributed by atoms with Gasteiger partial charge >= 0.3 is 0 Å². The monoisotopic (exact) mass is 224 g/mol. The molecule has 5 heteroatoms. The van der Waals surface area contributed by atoms with Crippen LogP contribution in [0.5, 0.6) is 0 Å². The molecule has 0 aliphatic carbocycles. The zero-order valence-corrected chi connectivity index (χ0v) is 9.41. The van der Waals surface area contributed by atoms with Crippen LogP contribution in [0.2, 0.25) is 0 Å².